The van der Waals surface area contributed by atoms with Crippen molar-refractivity contribution in [3.05, 3.63) is 10.4 Å². The molecule has 0 saturated heterocycles. The van der Waals surface area contributed by atoms with Gasteiger partial charge in [-0.3, -0.25) is 5.32 Å². The molecule has 1 fully saturated rings. The Hall–Kier alpha value is -1.24. The molecule has 0 aliphatic heterocycles. The Kier molecular flexibility index (Phi) is 5.10. The molecule has 0 aromatic carbocycles. The largest absolute Gasteiger partial charge is 0.299 e. The van der Waals surface area contributed by atoms with E-state index in [1.165, 1.54) is 6.42 Å². The summed E-state index contributed by atoms with van der Waals surface area (Å²) in [5, 5.41) is 16.2. The lowest BCUT2D eigenvalue weighted by Gasteiger charge is -2.39. The highest BCUT2D eigenvalue weighted by atomic mass is 15.1. The molecular formula is C11H19N5. The molecule has 0 aromatic heterocycles. The predicted molar refractivity (Wildman–Crippen MR) is 62.6 cm³/mol. The van der Waals surface area contributed by atoms with Crippen LogP contribution in [0.4, 0.5) is 0 Å². The molecule has 0 spiro atoms. The standard InChI is InChI=1S/C11H19N5/c1-2-10-5-3-4-6-11(10,9-12)14-7-8-15-16-13/h10,14H,2-8H2,1H3. The molecule has 1 aliphatic carbocycles. The quantitative estimate of drug-likeness (QED) is 0.335. The fourth-order valence-corrected chi connectivity index (χ4v) is 2.59. The van der Waals surface area contributed by atoms with Crippen molar-refractivity contribution in [2.45, 2.75) is 44.6 Å². The van der Waals surface area contributed by atoms with Crippen LogP contribution in [0.3, 0.4) is 0 Å². The summed E-state index contributed by atoms with van der Waals surface area (Å²) in [6.45, 7) is 3.14. The van der Waals surface area contributed by atoms with Crippen LogP contribution in [-0.4, -0.2) is 18.6 Å². The molecule has 5 nitrogen and oxygen atoms in total. The van der Waals surface area contributed by atoms with Crippen molar-refractivity contribution in [1.29, 1.82) is 5.26 Å². The van der Waals surface area contributed by atoms with E-state index in [1.54, 1.807) is 0 Å². The molecule has 0 aromatic rings. The first-order chi connectivity index (χ1) is 7.79. The minimum absolute atomic E-state index is 0.391. The second kappa shape index (κ2) is 6.37. The first kappa shape index (κ1) is 12.8. The number of nitriles is 1. The maximum absolute atomic E-state index is 9.38. The summed E-state index contributed by atoms with van der Waals surface area (Å²) in [6.07, 6.45) is 5.40. The van der Waals surface area contributed by atoms with E-state index >= 15 is 0 Å². The van der Waals surface area contributed by atoms with E-state index in [0.29, 0.717) is 19.0 Å². The Morgan fingerprint density at radius 3 is 3.06 bits per heavy atom. The monoisotopic (exact) mass is 221 g/mol. The second-order valence-corrected chi connectivity index (χ2v) is 4.32. The maximum atomic E-state index is 9.38. The lowest BCUT2D eigenvalue weighted by molar-refractivity contribution is 0.193. The summed E-state index contributed by atoms with van der Waals surface area (Å²) in [7, 11) is 0. The van der Waals surface area contributed by atoms with Crippen LogP contribution in [0.5, 0.6) is 0 Å². The smallest absolute Gasteiger partial charge is 0.109 e. The van der Waals surface area contributed by atoms with Crippen LogP contribution < -0.4 is 5.32 Å². The molecule has 5 heteroatoms. The highest BCUT2D eigenvalue weighted by molar-refractivity contribution is 5.12. The molecule has 2 atom stereocenters. The molecule has 0 bridgehead atoms. The fraction of sp³-hybridized carbons (Fsp3) is 0.909. The predicted octanol–water partition coefficient (Wildman–Crippen LogP) is 2.75. The molecule has 1 rings (SSSR count). The van der Waals surface area contributed by atoms with Gasteiger partial charge in [-0.2, -0.15) is 5.26 Å². The summed E-state index contributed by atoms with van der Waals surface area (Å²) in [4.78, 5) is 2.71. The third kappa shape index (κ3) is 2.88. The lowest BCUT2D eigenvalue weighted by atomic mass is 9.72. The molecule has 1 aliphatic rings. The summed E-state index contributed by atoms with van der Waals surface area (Å²) in [6, 6.07) is 2.45. The average Bonchev–Trinajstić information content (AvgIpc) is 2.35. The third-order valence-corrected chi connectivity index (χ3v) is 3.48. The van der Waals surface area contributed by atoms with Gasteiger partial charge in [0, 0.05) is 18.0 Å². The summed E-state index contributed by atoms with van der Waals surface area (Å²) >= 11 is 0. The zero-order chi connectivity index (χ0) is 11.9. The van der Waals surface area contributed by atoms with Crippen LogP contribution in [0.15, 0.2) is 5.11 Å². The second-order valence-electron chi connectivity index (χ2n) is 4.32. The van der Waals surface area contributed by atoms with Gasteiger partial charge in [0.1, 0.15) is 5.54 Å². The van der Waals surface area contributed by atoms with Gasteiger partial charge in [-0.15, -0.1) is 0 Å². The van der Waals surface area contributed by atoms with Gasteiger partial charge >= 0.3 is 0 Å². The van der Waals surface area contributed by atoms with Crippen molar-refractivity contribution < 1.29 is 0 Å². The van der Waals surface area contributed by atoms with Crippen molar-refractivity contribution in [2.75, 3.05) is 13.1 Å². The van der Waals surface area contributed by atoms with Gasteiger partial charge in [0.15, 0.2) is 0 Å². The van der Waals surface area contributed by atoms with Crippen LogP contribution >= 0.6 is 0 Å². The van der Waals surface area contributed by atoms with Crippen molar-refractivity contribution >= 4 is 0 Å². The molecule has 16 heavy (non-hydrogen) atoms. The highest BCUT2D eigenvalue weighted by Crippen LogP contribution is 2.35. The first-order valence-electron chi connectivity index (χ1n) is 5.96. The van der Waals surface area contributed by atoms with Crippen molar-refractivity contribution in [3.63, 3.8) is 0 Å². The number of azide groups is 1. The van der Waals surface area contributed by atoms with E-state index < -0.39 is 5.54 Å². The Labute approximate surface area is 96.5 Å². The number of nitrogens with one attached hydrogen (secondary N) is 1. The van der Waals surface area contributed by atoms with Crippen LogP contribution in [0.2, 0.25) is 0 Å². The van der Waals surface area contributed by atoms with Crippen molar-refractivity contribution in [2.24, 2.45) is 11.0 Å². The van der Waals surface area contributed by atoms with E-state index in [9.17, 15) is 5.26 Å². The van der Waals surface area contributed by atoms with Crippen LogP contribution in [0.25, 0.3) is 10.4 Å². The van der Waals surface area contributed by atoms with Gasteiger partial charge < -0.3 is 0 Å². The SMILES string of the molecule is CCC1CCCCC1(C#N)NCCN=[N+]=[N-]. The van der Waals surface area contributed by atoms with E-state index in [-0.39, 0.29) is 0 Å². The molecule has 0 radical (unpaired) electrons. The molecular weight excluding hydrogens is 202 g/mol. The van der Waals surface area contributed by atoms with Gasteiger partial charge in [0.2, 0.25) is 0 Å². The van der Waals surface area contributed by atoms with Gasteiger partial charge in [0.05, 0.1) is 6.07 Å². The number of nitrogens with zero attached hydrogens (tertiary/aromatic N) is 4. The van der Waals surface area contributed by atoms with Crippen molar-refractivity contribution in [1.82, 2.24) is 5.32 Å². The molecule has 0 heterocycles. The number of hydrogen-bond acceptors (Lipinski definition) is 3. The highest BCUT2D eigenvalue weighted by Gasteiger charge is 2.39. The molecule has 88 valence electrons. The van der Waals surface area contributed by atoms with Gasteiger partial charge in [0.25, 0.3) is 0 Å². The molecule has 0 amide bonds. The first-order valence-corrected chi connectivity index (χ1v) is 5.96. The minimum atomic E-state index is -0.391. The lowest BCUT2D eigenvalue weighted by Crippen LogP contribution is -2.52. The summed E-state index contributed by atoms with van der Waals surface area (Å²) in [5.74, 6) is 0.428. The number of rotatable bonds is 5. The average molecular weight is 221 g/mol. The van der Waals surface area contributed by atoms with Crippen LogP contribution in [-0.2, 0) is 0 Å². The maximum Gasteiger partial charge on any atom is 0.109 e. The van der Waals surface area contributed by atoms with E-state index in [0.717, 1.165) is 25.7 Å². The van der Waals surface area contributed by atoms with Crippen LogP contribution in [0.1, 0.15) is 39.0 Å². The molecule has 1 saturated carbocycles. The topological polar surface area (TPSA) is 84.6 Å². The number of hydrogen-bond donors (Lipinski definition) is 1. The Morgan fingerprint density at radius 2 is 2.44 bits per heavy atom. The van der Waals surface area contributed by atoms with Crippen LogP contribution in [0, 0.1) is 17.2 Å². The zero-order valence-electron chi connectivity index (χ0n) is 9.82. The Morgan fingerprint density at radius 1 is 1.62 bits per heavy atom. The Balaban J connectivity index is 2.59. The zero-order valence-corrected chi connectivity index (χ0v) is 9.82. The van der Waals surface area contributed by atoms with Gasteiger partial charge in [-0.1, -0.05) is 31.3 Å². The third-order valence-electron chi connectivity index (χ3n) is 3.48. The van der Waals surface area contributed by atoms with Gasteiger partial charge in [-0.05, 0) is 24.3 Å². The van der Waals surface area contributed by atoms with E-state index in [1.807, 2.05) is 0 Å². The summed E-state index contributed by atoms with van der Waals surface area (Å²) in [5.41, 5.74) is 7.80. The Bertz CT molecular complexity index is 302. The summed E-state index contributed by atoms with van der Waals surface area (Å²) < 4.78 is 0. The minimum Gasteiger partial charge on any atom is -0.299 e. The van der Waals surface area contributed by atoms with Gasteiger partial charge in [-0.25, -0.2) is 0 Å². The molecule has 1 N–H and O–H groups in total. The van der Waals surface area contributed by atoms with E-state index in [4.69, 9.17) is 5.53 Å². The van der Waals surface area contributed by atoms with Crippen molar-refractivity contribution in [3.8, 4) is 6.07 Å². The molecule has 2 unspecified atom stereocenters. The fourth-order valence-electron chi connectivity index (χ4n) is 2.59. The normalized spacial score (nSPS) is 29.1. The van der Waals surface area contributed by atoms with E-state index in [2.05, 4.69) is 28.3 Å².